The van der Waals surface area contributed by atoms with E-state index in [0.717, 1.165) is 36.8 Å². The SMILES string of the molecule is COCCCCS(=O)(=O)N1CCN(Cc2csc(C)n2)CC1. The molecule has 6 nitrogen and oxygen atoms in total. The zero-order chi connectivity index (χ0) is 16.0. The summed E-state index contributed by atoms with van der Waals surface area (Å²) < 4.78 is 31.1. The third-order valence-electron chi connectivity index (χ3n) is 3.78. The average molecular weight is 348 g/mol. The smallest absolute Gasteiger partial charge is 0.214 e. The Bertz CT molecular complexity index is 551. The van der Waals surface area contributed by atoms with Gasteiger partial charge in [-0.1, -0.05) is 0 Å². The van der Waals surface area contributed by atoms with Crippen molar-refractivity contribution in [1.82, 2.24) is 14.2 Å². The minimum atomic E-state index is -3.12. The van der Waals surface area contributed by atoms with Crippen molar-refractivity contribution in [3.63, 3.8) is 0 Å². The van der Waals surface area contributed by atoms with E-state index in [0.29, 0.717) is 26.1 Å². The molecule has 1 aliphatic rings. The highest BCUT2D eigenvalue weighted by molar-refractivity contribution is 7.89. The highest BCUT2D eigenvalue weighted by atomic mass is 32.2. The molecule has 1 fully saturated rings. The summed E-state index contributed by atoms with van der Waals surface area (Å²) in [5.41, 5.74) is 1.08. The number of unbranched alkanes of at least 4 members (excludes halogenated alkanes) is 1. The standard InChI is InChI=1S/C14H25N3O3S2/c1-13-15-14(12-21-13)11-16-5-7-17(8-6-16)22(18,19)10-4-3-9-20-2/h12H,3-11H2,1-2H3. The third-order valence-corrected chi connectivity index (χ3v) is 6.56. The van der Waals surface area contributed by atoms with E-state index in [2.05, 4.69) is 15.3 Å². The highest BCUT2D eigenvalue weighted by Gasteiger charge is 2.26. The van der Waals surface area contributed by atoms with Crippen LogP contribution in [-0.4, -0.2) is 68.3 Å². The first kappa shape index (κ1) is 17.8. The third kappa shape index (κ3) is 5.27. The molecule has 1 aromatic rings. The van der Waals surface area contributed by atoms with Gasteiger partial charge in [0.2, 0.25) is 10.0 Å². The Hall–Kier alpha value is -0.540. The number of ether oxygens (including phenoxy) is 1. The second kappa shape index (κ2) is 8.35. The van der Waals surface area contributed by atoms with Crippen LogP contribution >= 0.6 is 11.3 Å². The van der Waals surface area contributed by atoms with Gasteiger partial charge >= 0.3 is 0 Å². The molecule has 0 bridgehead atoms. The molecule has 0 unspecified atom stereocenters. The number of aryl methyl sites for hydroxylation is 1. The van der Waals surface area contributed by atoms with E-state index in [4.69, 9.17) is 4.74 Å². The molecule has 126 valence electrons. The predicted octanol–water partition coefficient (Wildman–Crippen LogP) is 1.33. The van der Waals surface area contributed by atoms with Crippen molar-refractivity contribution in [2.45, 2.75) is 26.3 Å². The van der Waals surface area contributed by atoms with Gasteiger partial charge in [-0.25, -0.2) is 13.4 Å². The van der Waals surface area contributed by atoms with E-state index < -0.39 is 10.0 Å². The van der Waals surface area contributed by atoms with Crippen molar-refractivity contribution in [3.8, 4) is 0 Å². The molecule has 8 heteroatoms. The zero-order valence-electron chi connectivity index (χ0n) is 13.3. The molecule has 0 atom stereocenters. The molecular formula is C14H25N3O3S2. The van der Waals surface area contributed by atoms with Crippen LogP contribution in [0.3, 0.4) is 0 Å². The first-order valence-electron chi connectivity index (χ1n) is 7.61. The van der Waals surface area contributed by atoms with Gasteiger partial charge in [0.05, 0.1) is 16.5 Å². The molecule has 0 spiro atoms. The quantitative estimate of drug-likeness (QED) is 0.664. The van der Waals surface area contributed by atoms with Gasteiger partial charge in [-0.2, -0.15) is 4.31 Å². The number of thiazole rings is 1. The first-order valence-corrected chi connectivity index (χ1v) is 10.1. The lowest BCUT2D eigenvalue weighted by molar-refractivity contribution is 0.179. The summed E-state index contributed by atoms with van der Waals surface area (Å²) in [6.45, 7) is 6.14. The summed E-state index contributed by atoms with van der Waals surface area (Å²) in [5, 5.41) is 3.15. The van der Waals surface area contributed by atoms with Gasteiger partial charge < -0.3 is 4.74 Å². The topological polar surface area (TPSA) is 62.7 Å². The summed E-state index contributed by atoms with van der Waals surface area (Å²) in [6, 6.07) is 0. The Morgan fingerprint density at radius 2 is 2.00 bits per heavy atom. The monoisotopic (exact) mass is 347 g/mol. The van der Waals surface area contributed by atoms with Gasteiger partial charge in [0, 0.05) is 51.8 Å². The van der Waals surface area contributed by atoms with Crippen LogP contribution in [0.2, 0.25) is 0 Å². The number of hydrogen-bond acceptors (Lipinski definition) is 6. The number of nitrogens with zero attached hydrogens (tertiary/aromatic N) is 3. The lowest BCUT2D eigenvalue weighted by Gasteiger charge is -2.33. The zero-order valence-corrected chi connectivity index (χ0v) is 15.0. The first-order chi connectivity index (χ1) is 10.5. The van der Waals surface area contributed by atoms with Crippen molar-refractivity contribution < 1.29 is 13.2 Å². The molecule has 1 saturated heterocycles. The van der Waals surface area contributed by atoms with Crippen molar-refractivity contribution in [2.24, 2.45) is 0 Å². The second-order valence-electron chi connectivity index (χ2n) is 5.55. The lowest BCUT2D eigenvalue weighted by atomic mass is 10.3. The van der Waals surface area contributed by atoms with Crippen molar-refractivity contribution in [2.75, 3.05) is 45.6 Å². The molecule has 2 heterocycles. The van der Waals surface area contributed by atoms with E-state index in [1.54, 1.807) is 22.8 Å². The van der Waals surface area contributed by atoms with Crippen LogP contribution in [0.15, 0.2) is 5.38 Å². The second-order valence-corrected chi connectivity index (χ2v) is 8.70. The fraction of sp³-hybridized carbons (Fsp3) is 0.786. The Balaban J connectivity index is 1.76. The van der Waals surface area contributed by atoms with Gasteiger partial charge in [-0.05, 0) is 19.8 Å². The van der Waals surface area contributed by atoms with Crippen molar-refractivity contribution in [3.05, 3.63) is 16.1 Å². The van der Waals surface area contributed by atoms with E-state index in [1.807, 2.05) is 6.92 Å². The number of methoxy groups -OCH3 is 1. The van der Waals surface area contributed by atoms with Crippen LogP contribution < -0.4 is 0 Å². The summed E-state index contributed by atoms with van der Waals surface area (Å²) >= 11 is 1.66. The number of hydrogen-bond donors (Lipinski definition) is 0. The maximum atomic E-state index is 12.3. The molecule has 1 aliphatic heterocycles. The molecule has 0 aromatic carbocycles. The lowest BCUT2D eigenvalue weighted by Crippen LogP contribution is -2.48. The van der Waals surface area contributed by atoms with E-state index in [-0.39, 0.29) is 5.75 Å². The van der Waals surface area contributed by atoms with Gasteiger partial charge in [0.1, 0.15) is 0 Å². The van der Waals surface area contributed by atoms with Gasteiger partial charge in [-0.3, -0.25) is 4.90 Å². The number of piperazine rings is 1. The highest BCUT2D eigenvalue weighted by Crippen LogP contribution is 2.14. The minimum Gasteiger partial charge on any atom is -0.385 e. The van der Waals surface area contributed by atoms with Crippen LogP contribution in [0.5, 0.6) is 0 Å². The van der Waals surface area contributed by atoms with Crippen LogP contribution in [0.1, 0.15) is 23.5 Å². The van der Waals surface area contributed by atoms with Crippen LogP contribution in [0, 0.1) is 6.92 Å². The van der Waals surface area contributed by atoms with Crippen LogP contribution in [0.25, 0.3) is 0 Å². The molecular weight excluding hydrogens is 322 g/mol. The molecule has 0 aliphatic carbocycles. The summed E-state index contributed by atoms with van der Waals surface area (Å²) in [4.78, 5) is 6.73. The van der Waals surface area contributed by atoms with E-state index in [1.165, 1.54) is 0 Å². The van der Waals surface area contributed by atoms with Gasteiger partial charge in [0.15, 0.2) is 0 Å². The van der Waals surface area contributed by atoms with Crippen molar-refractivity contribution >= 4 is 21.4 Å². The fourth-order valence-corrected chi connectivity index (χ4v) is 4.69. The Kier molecular flexibility index (Phi) is 6.76. The summed E-state index contributed by atoms with van der Waals surface area (Å²) in [6.07, 6.45) is 1.45. The Morgan fingerprint density at radius 3 is 2.59 bits per heavy atom. The molecule has 22 heavy (non-hydrogen) atoms. The predicted molar refractivity (Wildman–Crippen MR) is 88.6 cm³/mol. The molecule has 0 N–H and O–H groups in total. The molecule has 0 amide bonds. The normalized spacial score (nSPS) is 17.9. The summed E-state index contributed by atoms with van der Waals surface area (Å²) in [5.74, 6) is 0.224. The van der Waals surface area contributed by atoms with Crippen LogP contribution in [-0.2, 0) is 21.3 Å². The minimum absolute atomic E-state index is 0.224. The van der Waals surface area contributed by atoms with E-state index in [9.17, 15) is 8.42 Å². The van der Waals surface area contributed by atoms with Crippen LogP contribution in [0.4, 0.5) is 0 Å². The van der Waals surface area contributed by atoms with Gasteiger partial charge in [-0.15, -0.1) is 11.3 Å². The van der Waals surface area contributed by atoms with E-state index >= 15 is 0 Å². The number of aromatic nitrogens is 1. The number of sulfonamides is 1. The maximum absolute atomic E-state index is 12.3. The molecule has 0 radical (unpaired) electrons. The Morgan fingerprint density at radius 1 is 1.27 bits per heavy atom. The Labute approximate surface area is 137 Å². The largest absolute Gasteiger partial charge is 0.385 e. The number of rotatable bonds is 8. The fourth-order valence-electron chi connectivity index (χ4n) is 2.54. The molecule has 2 rings (SSSR count). The van der Waals surface area contributed by atoms with Gasteiger partial charge in [0.25, 0.3) is 0 Å². The molecule has 1 aromatic heterocycles. The summed E-state index contributed by atoms with van der Waals surface area (Å²) in [7, 11) is -1.48. The average Bonchev–Trinajstić information content (AvgIpc) is 2.89. The van der Waals surface area contributed by atoms with Crippen molar-refractivity contribution in [1.29, 1.82) is 0 Å². The maximum Gasteiger partial charge on any atom is 0.214 e. The molecule has 0 saturated carbocycles.